The minimum absolute atomic E-state index is 0.141. The van der Waals surface area contributed by atoms with Crippen molar-refractivity contribution in [1.82, 2.24) is 15.5 Å². The molecule has 1 unspecified atom stereocenters. The molecule has 1 aromatic heterocycles. The standard InChI is InChI=1S/C14H17N3OS/c1-2-19-9-13-16-14(18-17-13)12-7-10-5-3-4-6-11(10)8-15-12/h3-6,12,15H,2,7-9H2,1H3. The summed E-state index contributed by atoms with van der Waals surface area (Å²) in [4.78, 5) is 4.48. The van der Waals surface area contributed by atoms with E-state index in [0.29, 0.717) is 5.89 Å². The van der Waals surface area contributed by atoms with Crippen LogP contribution in [0.25, 0.3) is 0 Å². The van der Waals surface area contributed by atoms with Crippen LogP contribution in [0, 0.1) is 0 Å². The van der Waals surface area contributed by atoms with E-state index in [1.165, 1.54) is 11.1 Å². The first-order chi connectivity index (χ1) is 9.36. The molecule has 0 saturated carbocycles. The van der Waals surface area contributed by atoms with E-state index in [0.717, 1.165) is 30.3 Å². The average molecular weight is 275 g/mol. The maximum absolute atomic E-state index is 5.38. The number of benzene rings is 1. The Morgan fingerprint density at radius 2 is 2.21 bits per heavy atom. The highest BCUT2D eigenvalue weighted by molar-refractivity contribution is 7.98. The molecule has 1 atom stereocenters. The van der Waals surface area contributed by atoms with E-state index in [1.54, 1.807) is 11.8 Å². The maximum atomic E-state index is 5.38. The van der Waals surface area contributed by atoms with Gasteiger partial charge in [-0.2, -0.15) is 16.7 Å². The summed E-state index contributed by atoms with van der Waals surface area (Å²) in [6.07, 6.45) is 0.915. The zero-order valence-electron chi connectivity index (χ0n) is 10.9. The average Bonchev–Trinajstić information content (AvgIpc) is 2.93. The van der Waals surface area contributed by atoms with Crippen LogP contribution >= 0.6 is 11.8 Å². The molecule has 1 aromatic carbocycles. The van der Waals surface area contributed by atoms with Gasteiger partial charge >= 0.3 is 0 Å². The molecule has 1 aliphatic rings. The number of thioether (sulfide) groups is 1. The SMILES string of the molecule is CCSCc1noc(C2Cc3ccccc3CN2)n1. The molecule has 0 radical (unpaired) electrons. The fourth-order valence-electron chi connectivity index (χ4n) is 2.29. The van der Waals surface area contributed by atoms with E-state index >= 15 is 0 Å². The van der Waals surface area contributed by atoms with Crippen LogP contribution in [-0.2, 0) is 18.7 Å². The number of hydrogen-bond donors (Lipinski definition) is 1. The Balaban J connectivity index is 1.72. The second kappa shape index (κ2) is 5.75. The molecular weight excluding hydrogens is 258 g/mol. The topological polar surface area (TPSA) is 51.0 Å². The van der Waals surface area contributed by atoms with Crippen molar-refractivity contribution in [3.63, 3.8) is 0 Å². The smallest absolute Gasteiger partial charge is 0.244 e. The van der Waals surface area contributed by atoms with Gasteiger partial charge in [-0.15, -0.1) is 0 Å². The summed E-state index contributed by atoms with van der Waals surface area (Å²) < 4.78 is 5.38. The van der Waals surface area contributed by atoms with Gasteiger partial charge < -0.3 is 9.84 Å². The van der Waals surface area contributed by atoms with Crippen molar-refractivity contribution in [2.24, 2.45) is 0 Å². The molecule has 1 N–H and O–H groups in total. The van der Waals surface area contributed by atoms with E-state index in [-0.39, 0.29) is 6.04 Å². The van der Waals surface area contributed by atoms with Gasteiger partial charge in [-0.1, -0.05) is 36.3 Å². The largest absolute Gasteiger partial charge is 0.338 e. The monoisotopic (exact) mass is 275 g/mol. The summed E-state index contributed by atoms with van der Waals surface area (Å²) in [7, 11) is 0. The second-order valence-electron chi connectivity index (χ2n) is 4.59. The minimum atomic E-state index is 0.141. The number of hydrogen-bond acceptors (Lipinski definition) is 5. The fraction of sp³-hybridized carbons (Fsp3) is 0.429. The van der Waals surface area contributed by atoms with Crippen LogP contribution in [0.3, 0.4) is 0 Å². The van der Waals surface area contributed by atoms with Gasteiger partial charge in [-0.25, -0.2) is 0 Å². The van der Waals surface area contributed by atoms with Crippen molar-refractivity contribution < 1.29 is 4.52 Å². The maximum Gasteiger partial charge on any atom is 0.244 e. The lowest BCUT2D eigenvalue weighted by molar-refractivity contribution is 0.319. The molecule has 4 nitrogen and oxygen atoms in total. The third kappa shape index (κ3) is 2.82. The highest BCUT2D eigenvalue weighted by Crippen LogP contribution is 2.25. The summed E-state index contributed by atoms with van der Waals surface area (Å²) in [6, 6.07) is 8.64. The molecule has 1 aliphatic heterocycles. The van der Waals surface area contributed by atoms with Crippen LogP contribution in [-0.4, -0.2) is 15.9 Å². The van der Waals surface area contributed by atoms with Gasteiger partial charge in [-0.05, 0) is 23.3 Å². The highest BCUT2D eigenvalue weighted by atomic mass is 32.2. The quantitative estimate of drug-likeness (QED) is 0.929. The summed E-state index contributed by atoms with van der Waals surface area (Å²) >= 11 is 1.80. The number of nitrogens with one attached hydrogen (secondary N) is 1. The van der Waals surface area contributed by atoms with Gasteiger partial charge in [0.15, 0.2) is 5.82 Å². The third-order valence-electron chi connectivity index (χ3n) is 3.30. The van der Waals surface area contributed by atoms with E-state index in [2.05, 4.69) is 46.6 Å². The van der Waals surface area contributed by atoms with Gasteiger partial charge in [0.1, 0.15) is 0 Å². The van der Waals surface area contributed by atoms with Gasteiger partial charge in [0, 0.05) is 6.54 Å². The molecular formula is C14H17N3OS. The predicted molar refractivity (Wildman–Crippen MR) is 75.9 cm³/mol. The van der Waals surface area contributed by atoms with Crippen molar-refractivity contribution in [2.75, 3.05) is 5.75 Å². The second-order valence-corrected chi connectivity index (χ2v) is 5.87. The first-order valence-electron chi connectivity index (χ1n) is 6.57. The minimum Gasteiger partial charge on any atom is -0.338 e. The van der Waals surface area contributed by atoms with Gasteiger partial charge in [0.25, 0.3) is 0 Å². The molecule has 2 heterocycles. The Hall–Kier alpha value is -1.33. The van der Waals surface area contributed by atoms with Gasteiger partial charge in [0.2, 0.25) is 5.89 Å². The molecule has 3 rings (SSSR count). The summed E-state index contributed by atoms with van der Waals surface area (Å²) in [5, 5.41) is 7.50. The number of aromatic nitrogens is 2. The molecule has 0 aliphatic carbocycles. The van der Waals surface area contributed by atoms with Crippen molar-refractivity contribution >= 4 is 11.8 Å². The fourth-order valence-corrected chi connectivity index (χ4v) is 2.79. The van der Waals surface area contributed by atoms with Crippen LogP contribution in [0.1, 0.15) is 35.8 Å². The molecule has 2 aromatic rings. The lowest BCUT2D eigenvalue weighted by Crippen LogP contribution is -2.28. The third-order valence-corrected chi connectivity index (χ3v) is 4.17. The molecule has 100 valence electrons. The lowest BCUT2D eigenvalue weighted by Gasteiger charge is -2.23. The van der Waals surface area contributed by atoms with Crippen LogP contribution in [0.5, 0.6) is 0 Å². The first-order valence-corrected chi connectivity index (χ1v) is 7.72. The normalized spacial score (nSPS) is 18.3. The van der Waals surface area contributed by atoms with E-state index < -0.39 is 0 Å². The molecule has 5 heteroatoms. The Bertz CT molecular complexity index is 555. The molecule has 0 amide bonds. The van der Waals surface area contributed by atoms with Crippen LogP contribution in [0.4, 0.5) is 0 Å². The number of rotatable bonds is 4. The zero-order valence-corrected chi connectivity index (χ0v) is 11.7. The van der Waals surface area contributed by atoms with Crippen LogP contribution < -0.4 is 5.32 Å². The van der Waals surface area contributed by atoms with E-state index in [1.807, 2.05) is 0 Å². The summed E-state index contributed by atoms with van der Waals surface area (Å²) in [5.41, 5.74) is 2.73. The molecule has 0 bridgehead atoms. The van der Waals surface area contributed by atoms with Crippen molar-refractivity contribution in [2.45, 2.75) is 31.7 Å². The molecule has 0 spiro atoms. The van der Waals surface area contributed by atoms with E-state index in [9.17, 15) is 0 Å². The number of fused-ring (bicyclic) bond motifs is 1. The molecule has 0 fully saturated rings. The van der Waals surface area contributed by atoms with Gasteiger partial charge in [0.05, 0.1) is 11.8 Å². The predicted octanol–water partition coefficient (Wildman–Crippen LogP) is 2.71. The van der Waals surface area contributed by atoms with E-state index in [4.69, 9.17) is 4.52 Å². The van der Waals surface area contributed by atoms with Crippen LogP contribution in [0.2, 0.25) is 0 Å². The van der Waals surface area contributed by atoms with Crippen molar-refractivity contribution in [3.8, 4) is 0 Å². The molecule has 19 heavy (non-hydrogen) atoms. The summed E-state index contributed by atoms with van der Waals surface area (Å²) in [6.45, 7) is 2.99. The Morgan fingerprint density at radius 1 is 1.37 bits per heavy atom. The van der Waals surface area contributed by atoms with Gasteiger partial charge in [-0.3, -0.25) is 0 Å². The van der Waals surface area contributed by atoms with Crippen molar-refractivity contribution in [1.29, 1.82) is 0 Å². The Labute approximate surface area is 117 Å². The van der Waals surface area contributed by atoms with Crippen molar-refractivity contribution in [3.05, 3.63) is 47.1 Å². The zero-order chi connectivity index (χ0) is 13.1. The number of nitrogens with zero attached hydrogens (tertiary/aromatic N) is 2. The highest BCUT2D eigenvalue weighted by Gasteiger charge is 2.23. The first kappa shape index (κ1) is 12.7. The van der Waals surface area contributed by atoms with Crippen LogP contribution in [0.15, 0.2) is 28.8 Å². The Morgan fingerprint density at radius 3 is 3.05 bits per heavy atom. The summed E-state index contributed by atoms with van der Waals surface area (Å²) in [5.74, 6) is 3.39. The molecule has 0 saturated heterocycles. The Kier molecular flexibility index (Phi) is 3.84. The lowest BCUT2D eigenvalue weighted by atomic mass is 9.96.